The first-order chi connectivity index (χ1) is 11.3. The van der Waals surface area contributed by atoms with Gasteiger partial charge >= 0.3 is 0 Å². The molecule has 0 bridgehead atoms. The summed E-state index contributed by atoms with van der Waals surface area (Å²) in [7, 11) is 0.686. The second-order valence-electron chi connectivity index (χ2n) is 7.60. The predicted molar refractivity (Wildman–Crippen MR) is 92.4 cm³/mol. The Hall–Kier alpha value is -1.25. The lowest BCUT2D eigenvalue weighted by Gasteiger charge is -2.37. The molecule has 1 saturated heterocycles. The number of aromatic nitrogens is 2. The van der Waals surface area contributed by atoms with Crippen molar-refractivity contribution in [3.05, 3.63) is 17.5 Å². The fourth-order valence-corrected chi connectivity index (χ4v) is 4.75. The van der Waals surface area contributed by atoms with Crippen LogP contribution in [0.2, 0.25) is 0 Å². The molecule has 0 radical (unpaired) electrons. The van der Waals surface area contributed by atoms with E-state index < -0.39 is 10.0 Å². The van der Waals surface area contributed by atoms with E-state index >= 15 is 0 Å². The largest absolute Gasteiger partial charge is 0.347 e. The van der Waals surface area contributed by atoms with Crippen molar-refractivity contribution in [3.63, 3.8) is 0 Å². The molecule has 1 aromatic rings. The van der Waals surface area contributed by atoms with E-state index in [-0.39, 0.29) is 12.0 Å². The Bertz CT molecular complexity index is 747. The fourth-order valence-electron chi connectivity index (χ4n) is 3.90. The van der Waals surface area contributed by atoms with Crippen molar-refractivity contribution in [1.82, 2.24) is 19.2 Å². The minimum absolute atomic E-state index is 0.143. The molecule has 7 nitrogen and oxygen atoms in total. The topological polar surface area (TPSA) is 69.6 Å². The lowest BCUT2D eigenvalue weighted by molar-refractivity contribution is 0.158. The summed E-state index contributed by atoms with van der Waals surface area (Å²) >= 11 is 0. The minimum atomic E-state index is -3.17. The molecule has 2 aliphatic heterocycles. The average molecular weight is 351 g/mol. The molecule has 0 unspecified atom stereocenters. The lowest BCUT2D eigenvalue weighted by Crippen LogP contribution is -2.45. The quantitative estimate of drug-likeness (QED) is 0.787. The molecule has 3 aliphatic rings. The van der Waals surface area contributed by atoms with E-state index in [2.05, 4.69) is 9.88 Å². The predicted octanol–water partition coefficient (Wildman–Crippen LogP) is 0.496. The highest BCUT2D eigenvalue weighted by atomic mass is 32.2. The highest BCUT2D eigenvalue weighted by molar-refractivity contribution is 7.88. The van der Waals surface area contributed by atoms with Crippen LogP contribution in [0.3, 0.4) is 0 Å². The van der Waals surface area contributed by atoms with Crippen LogP contribution in [0, 0.1) is 5.92 Å². The van der Waals surface area contributed by atoms with Crippen LogP contribution in [0.25, 0.3) is 0 Å². The molecular formula is C16H25N5O2S. The molecule has 8 heteroatoms. The van der Waals surface area contributed by atoms with Gasteiger partial charge < -0.3 is 4.90 Å². The Morgan fingerprint density at radius 3 is 2.67 bits per heavy atom. The van der Waals surface area contributed by atoms with Crippen LogP contribution < -0.4 is 4.90 Å². The normalized spacial score (nSPS) is 27.8. The van der Waals surface area contributed by atoms with Crippen molar-refractivity contribution in [2.75, 3.05) is 44.9 Å². The summed E-state index contributed by atoms with van der Waals surface area (Å²) < 4.78 is 25.8. The number of anilines is 1. The van der Waals surface area contributed by atoms with Gasteiger partial charge in [-0.3, -0.25) is 4.90 Å². The van der Waals surface area contributed by atoms with E-state index in [0.717, 1.165) is 30.3 Å². The standard InChI is InChI=1S/C16H25N5O2S/c1-19(2)16-17-6-12-8-20(7-11-4-5-11)14-10-21(24(3,22)23)9-13(14)15(12)18-16/h6,11,13-14H,4-5,7-10H2,1-3H3/t13-,14+/m0/s1. The van der Waals surface area contributed by atoms with E-state index in [1.807, 2.05) is 25.2 Å². The molecule has 0 spiro atoms. The molecule has 1 aromatic heterocycles. The lowest BCUT2D eigenvalue weighted by atomic mass is 9.90. The van der Waals surface area contributed by atoms with Crippen molar-refractivity contribution >= 4 is 16.0 Å². The van der Waals surface area contributed by atoms with Gasteiger partial charge in [-0.15, -0.1) is 0 Å². The molecule has 0 aromatic carbocycles. The number of sulfonamides is 1. The van der Waals surface area contributed by atoms with Crippen LogP contribution in [0.15, 0.2) is 6.20 Å². The number of hydrogen-bond acceptors (Lipinski definition) is 6. The third-order valence-corrected chi connectivity index (χ3v) is 6.63. The molecule has 0 amide bonds. The third-order valence-electron chi connectivity index (χ3n) is 5.39. The third kappa shape index (κ3) is 2.91. The highest BCUT2D eigenvalue weighted by Crippen LogP contribution is 2.41. The molecule has 4 rings (SSSR count). The molecule has 3 heterocycles. The summed E-state index contributed by atoms with van der Waals surface area (Å²) in [6.45, 7) is 3.00. The van der Waals surface area contributed by atoms with Crippen molar-refractivity contribution in [2.24, 2.45) is 5.92 Å². The maximum Gasteiger partial charge on any atom is 0.225 e. The zero-order valence-electron chi connectivity index (χ0n) is 14.5. The van der Waals surface area contributed by atoms with Crippen molar-refractivity contribution in [3.8, 4) is 0 Å². The van der Waals surface area contributed by atoms with Gasteiger partial charge in [-0.1, -0.05) is 0 Å². The Morgan fingerprint density at radius 2 is 2.04 bits per heavy atom. The van der Waals surface area contributed by atoms with Crippen LogP contribution in [-0.4, -0.2) is 73.6 Å². The van der Waals surface area contributed by atoms with Gasteiger partial charge in [0.25, 0.3) is 0 Å². The van der Waals surface area contributed by atoms with E-state index in [9.17, 15) is 8.42 Å². The summed E-state index contributed by atoms with van der Waals surface area (Å²) in [6.07, 6.45) is 5.83. The van der Waals surface area contributed by atoms with Gasteiger partial charge in [0, 0.05) is 64.0 Å². The number of fused-ring (bicyclic) bond motifs is 3. The van der Waals surface area contributed by atoms with Gasteiger partial charge in [0.1, 0.15) is 0 Å². The van der Waals surface area contributed by atoms with Crippen molar-refractivity contribution < 1.29 is 8.42 Å². The van der Waals surface area contributed by atoms with E-state index in [1.165, 1.54) is 19.1 Å². The highest BCUT2D eigenvalue weighted by Gasteiger charge is 2.46. The van der Waals surface area contributed by atoms with E-state index in [0.29, 0.717) is 19.0 Å². The van der Waals surface area contributed by atoms with Crippen LogP contribution in [0.5, 0.6) is 0 Å². The maximum atomic E-state index is 12.1. The van der Waals surface area contributed by atoms with E-state index in [4.69, 9.17) is 4.98 Å². The van der Waals surface area contributed by atoms with Gasteiger partial charge in [-0.25, -0.2) is 18.4 Å². The molecule has 132 valence electrons. The zero-order chi connectivity index (χ0) is 17.1. The first-order valence-electron chi connectivity index (χ1n) is 8.55. The second kappa shape index (κ2) is 5.64. The summed E-state index contributed by atoms with van der Waals surface area (Å²) in [4.78, 5) is 13.6. The minimum Gasteiger partial charge on any atom is -0.347 e. The van der Waals surface area contributed by atoms with Gasteiger partial charge in [0.15, 0.2) is 0 Å². The first-order valence-corrected chi connectivity index (χ1v) is 10.4. The van der Waals surface area contributed by atoms with Crippen LogP contribution in [0.4, 0.5) is 5.95 Å². The molecule has 2 atom stereocenters. The molecule has 1 saturated carbocycles. The van der Waals surface area contributed by atoms with E-state index in [1.54, 1.807) is 4.31 Å². The van der Waals surface area contributed by atoms with Crippen molar-refractivity contribution in [2.45, 2.75) is 31.3 Å². The summed E-state index contributed by atoms with van der Waals surface area (Å²) in [5.41, 5.74) is 2.19. The summed E-state index contributed by atoms with van der Waals surface area (Å²) in [6, 6.07) is 0.234. The van der Waals surface area contributed by atoms with Crippen LogP contribution in [0.1, 0.15) is 30.0 Å². The molecule has 1 aliphatic carbocycles. The molecular weight excluding hydrogens is 326 g/mol. The number of nitrogens with zero attached hydrogens (tertiary/aromatic N) is 5. The van der Waals surface area contributed by atoms with Crippen LogP contribution >= 0.6 is 0 Å². The molecule has 24 heavy (non-hydrogen) atoms. The second-order valence-corrected chi connectivity index (χ2v) is 9.58. The monoisotopic (exact) mass is 351 g/mol. The Balaban J connectivity index is 1.71. The number of hydrogen-bond donors (Lipinski definition) is 0. The Labute approximate surface area is 143 Å². The summed E-state index contributed by atoms with van der Waals surface area (Å²) in [5.74, 6) is 1.62. The zero-order valence-corrected chi connectivity index (χ0v) is 15.3. The summed E-state index contributed by atoms with van der Waals surface area (Å²) in [5, 5.41) is 0. The number of rotatable bonds is 4. The van der Waals surface area contributed by atoms with Crippen molar-refractivity contribution in [1.29, 1.82) is 0 Å². The maximum absolute atomic E-state index is 12.1. The van der Waals surface area contributed by atoms with Gasteiger partial charge in [0.05, 0.1) is 11.9 Å². The SMILES string of the molecule is CN(C)c1ncc2c(n1)[C@H]1CN(S(C)(=O)=O)C[C@H]1N(CC1CC1)C2. The van der Waals surface area contributed by atoms with Gasteiger partial charge in [-0.05, 0) is 18.8 Å². The average Bonchev–Trinajstić information content (AvgIpc) is 3.19. The van der Waals surface area contributed by atoms with Gasteiger partial charge in [0.2, 0.25) is 16.0 Å². The van der Waals surface area contributed by atoms with Gasteiger partial charge in [-0.2, -0.15) is 4.31 Å². The fraction of sp³-hybridized carbons (Fsp3) is 0.750. The molecule has 2 fully saturated rings. The molecule has 0 N–H and O–H groups in total. The Kier molecular flexibility index (Phi) is 3.81. The smallest absolute Gasteiger partial charge is 0.225 e. The Morgan fingerprint density at radius 1 is 1.29 bits per heavy atom. The van der Waals surface area contributed by atoms with Crippen LogP contribution in [-0.2, 0) is 16.6 Å². The first kappa shape index (κ1) is 16.2.